The number of ether oxygens (including phenoxy) is 2. The minimum absolute atomic E-state index is 0.237. The van der Waals surface area contributed by atoms with Crippen molar-refractivity contribution in [3.05, 3.63) is 48.5 Å². The molecule has 0 amide bonds. The van der Waals surface area contributed by atoms with Gasteiger partial charge in [-0.05, 0) is 30.3 Å². The number of benzene rings is 1. The quantitative estimate of drug-likeness (QED) is 0.734. The maximum Gasteiger partial charge on any atom is 0.231 e. The first-order valence-corrected chi connectivity index (χ1v) is 6.37. The van der Waals surface area contributed by atoms with E-state index in [1.54, 1.807) is 6.07 Å². The zero-order valence-corrected chi connectivity index (χ0v) is 10.8. The fraction of sp³-hybridized carbons (Fsp3) is 0.0667. The van der Waals surface area contributed by atoms with E-state index in [1.807, 2.05) is 24.3 Å². The standard InChI is InChI=1S/C15H10FN3O2/c16-15-6-10(3-4-17-15)12-7-11(18-19-12)9-1-2-13-14(5-9)21-8-20-13/h1-7H,8H2,(H,18,19). The Bertz CT molecular complexity index is 816. The Balaban J connectivity index is 1.71. The summed E-state index contributed by atoms with van der Waals surface area (Å²) in [6, 6.07) is 10.6. The number of hydrogen-bond acceptors (Lipinski definition) is 4. The van der Waals surface area contributed by atoms with Gasteiger partial charge in [0.1, 0.15) is 0 Å². The number of nitrogens with one attached hydrogen (secondary N) is 1. The van der Waals surface area contributed by atoms with E-state index in [0.717, 1.165) is 22.7 Å². The molecule has 6 heteroatoms. The van der Waals surface area contributed by atoms with E-state index < -0.39 is 5.95 Å². The van der Waals surface area contributed by atoms with Crippen LogP contribution >= 0.6 is 0 Å². The van der Waals surface area contributed by atoms with Crippen molar-refractivity contribution in [1.82, 2.24) is 15.2 Å². The second-order valence-electron chi connectivity index (χ2n) is 4.60. The number of halogens is 1. The van der Waals surface area contributed by atoms with Gasteiger partial charge >= 0.3 is 0 Å². The lowest BCUT2D eigenvalue weighted by Crippen LogP contribution is -1.92. The summed E-state index contributed by atoms with van der Waals surface area (Å²) in [5, 5.41) is 7.15. The highest BCUT2D eigenvalue weighted by Crippen LogP contribution is 2.36. The van der Waals surface area contributed by atoms with Crippen LogP contribution in [-0.2, 0) is 0 Å². The average molecular weight is 283 g/mol. The number of pyridine rings is 1. The summed E-state index contributed by atoms with van der Waals surface area (Å²) in [7, 11) is 0. The molecular weight excluding hydrogens is 273 g/mol. The van der Waals surface area contributed by atoms with E-state index in [4.69, 9.17) is 9.47 Å². The van der Waals surface area contributed by atoms with Gasteiger partial charge in [0.25, 0.3) is 0 Å². The van der Waals surface area contributed by atoms with Crippen molar-refractivity contribution >= 4 is 0 Å². The lowest BCUT2D eigenvalue weighted by Gasteiger charge is -1.99. The molecule has 5 nitrogen and oxygen atoms in total. The predicted octanol–water partition coefficient (Wildman–Crippen LogP) is 3.01. The number of aromatic amines is 1. The van der Waals surface area contributed by atoms with Gasteiger partial charge in [-0.3, -0.25) is 5.10 Å². The zero-order chi connectivity index (χ0) is 14.2. The van der Waals surface area contributed by atoms with Crippen molar-refractivity contribution in [3.63, 3.8) is 0 Å². The Labute approximate surface area is 119 Å². The molecule has 4 rings (SSSR count). The number of nitrogens with zero attached hydrogens (tertiary/aromatic N) is 2. The fourth-order valence-electron chi connectivity index (χ4n) is 2.24. The molecular formula is C15H10FN3O2. The molecule has 1 aliphatic heterocycles. The van der Waals surface area contributed by atoms with Crippen LogP contribution in [0.5, 0.6) is 11.5 Å². The first-order valence-electron chi connectivity index (χ1n) is 6.37. The third-order valence-corrected chi connectivity index (χ3v) is 3.28. The van der Waals surface area contributed by atoms with Crippen molar-refractivity contribution < 1.29 is 13.9 Å². The molecule has 3 aromatic rings. The lowest BCUT2D eigenvalue weighted by atomic mass is 10.1. The smallest absolute Gasteiger partial charge is 0.231 e. The van der Waals surface area contributed by atoms with Gasteiger partial charge in [0.15, 0.2) is 11.5 Å². The van der Waals surface area contributed by atoms with Gasteiger partial charge < -0.3 is 9.47 Å². The third-order valence-electron chi connectivity index (χ3n) is 3.28. The number of H-pyrrole nitrogens is 1. The van der Waals surface area contributed by atoms with E-state index in [0.29, 0.717) is 11.3 Å². The van der Waals surface area contributed by atoms with Crippen molar-refractivity contribution in [1.29, 1.82) is 0 Å². The second-order valence-corrected chi connectivity index (χ2v) is 4.60. The molecule has 2 aromatic heterocycles. The molecule has 0 saturated carbocycles. The van der Waals surface area contributed by atoms with E-state index in [1.165, 1.54) is 12.3 Å². The minimum atomic E-state index is -0.522. The van der Waals surface area contributed by atoms with Crippen molar-refractivity contribution in [2.24, 2.45) is 0 Å². The van der Waals surface area contributed by atoms with Crippen LogP contribution in [0, 0.1) is 5.95 Å². The highest BCUT2D eigenvalue weighted by atomic mass is 19.1. The molecule has 104 valence electrons. The van der Waals surface area contributed by atoms with E-state index in [9.17, 15) is 4.39 Å². The molecule has 21 heavy (non-hydrogen) atoms. The highest BCUT2D eigenvalue weighted by Gasteiger charge is 2.15. The van der Waals surface area contributed by atoms with Crippen molar-refractivity contribution in [3.8, 4) is 34.0 Å². The van der Waals surface area contributed by atoms with Crippen LogP contribution in [0.4, 0.5) is 4.39 Å². The molecule has 0 radical (unpaired) electrons. The first-order chi connectivity index (χ1) is 10.3. The molecule has 0 fully saturated rings. The zero-order valence-electron chi connectivity index (χ0n) is 10.8. The summed E-state index contributed by atoms with van der Waals surface area (Å²) >= 11 is 0. The van der Waals surface area contributed by atoms with Gasteiger partial charge in [-0.25, -0.2) is 4.98 Å². The topological polar surface area (TPSA) is 60.0 Å². The van der Waals surface area contributed by atoms with Gasteiger partial charge in [0.05, 0.1) is 11.4 Å². The summed E-state index contributed by atoms with van der Waals surface area (Å²) < 4.78 is 23.8. The van der Waals surface area contributed by atoms with Crippen LogP contribution in [0.15, 0.2) is 42.6 Å². The number of fused-ring (bicyclic) bond motifs is 1. The minimum Gasteiger partial charge on any atom is -0.454 e. The van der Waals surface area contributed by atoms with E-state index in [2.05, 4.69) is 15.2 Å². The maximum atomic E-state index is 13.2. The van der Waals surface area contributed by atoms with Crippen LogP contribution in [-0.4, -0.2) is 22.0 Å². The predicted molar refractivity (Wildman–Crippen MR) is 73.3 cm³/mol. The normalized spacial score (nSPS) is 12.6. The highest BCUT2D eigenvalue weighted by molar-refractivity contribution is 5.70. The van der Waals surface area contributed by atoms with Crippen LogP contribution in [0.1, 0.15) is 0 Å². The molecule has 1 aromatic carbocycles. The lowest BCUT2D eigenvalue weighted by molar-refractivity contribution is 0.174. The average Bonchev–Trinajstić information content (AvgIpc) is 3.15. The molecule has 0 bridgehead atoms. The molecule has 0 atom stereocenters. The fourth-order valence-corrected chi connectivity index (χ4v) is 2.24. The van der Waals surface area contributed by atoms with Gasteiger partial charge in [-0.2, -0.15) is 9.49 Å². The Morgan fingerprint density at radius 3 is 2.81 bits per heavy atom. The summed E-state index contributed by atoms with van der Waals surface area (Å²) in [6.07, 6.45) is 1.42. The molecule has 1 aliphatic rings. The Morgan fingerprint density at radius 2 is 1.90 bits per heavy atom. The summed E-state index contributed by atoms with van der Waals surface area (Å²) in [4.78, 5) is 3.54. The summed E-state index contributed by atoms with van der Waals surface area (Å²) in [5.41, 5.74) is 3.07. The molecule has 0 aliphatic carbocycles. The SMILES string of the molecule is Fc1cc(-c2cc(-c3ccc4c(c3)OCO4)n[nH]2)ccn1. The van der Waals surface area contributed by atoms with Gasteiger partial charge in [-0.15, -0.1) is 0 Å². The molecule has 3 heterocycles. The van der Waals surface area contributed by atoms with Gasteiger partial charge in [0.2, 0.25) is 12.7 Å². The maximum absolute atomic E-state index is 13.2. The van der Waals surface area contributed by atoms with E-state index >= 15 is 0 Å². The van der Waals surface area contributed by atoms with E-state index in [-0.39, 0.29) is 6.79 Å². The summed E-state index contributed by atoms with van der Waals surface area (Å²) in [5.74, 6) is 0.907. The number of aromatic nitrogens is 3. The van der Waals surface area contributed by atoms with Crippen LogP contribution < -0.4 is 9.47 Å². The molecule has 0 unspecified atom stereocenters. The molecule has 0 spiro atoms. The van der Waals surface area contributed by atoms with Gasteiger partial charge in [0, 0.05) is 23.4 Å². The molecule has 0 saturated heterocycles. The Morgan fingerprint density at radius 1 is 1.00 bits per heavy atom. The first kappa shape index (κ1) is 11.9. The van der Waals surface area contributed by atoms with Crippen LogP contribution in [0.25, 0.3) is 22.5 Å². The summed E-state index contributed by atoms with van der Waals surface area (Å²) in [6.45, 7) is 0.237. The van der Waals surface area contributed by atoms with Crippen molar-refractivity contribution in [2.45, 2.75) is 0 Å². The van der Waals surface area contributed by atoms with Crippen LogP contribution in [0.2, 0.25) is 0 Å². The monoisotopic (exact) mass is 283 g/mol. The Kier molecular flexibility index (Phi) is 2.60. The number of rotatable bonds is 2. The molecule has 1 N–H and O–H groups in total. The van der Waals surface area contributed by atoms with Crippen LogP contribution in [0.3, 0.4) is 0 Å². The second kappa shape index (κ2) is 4.59. The largest absolute Gasteiger partial charge is 0.454 e. The third kappa shape index (κ3) is 2.10. The number of hydrogen-bond donors (Lipinski definition) is 1. The van der Waals surface area contributed by atoms with Gasteiger partial charge in [-0.1, -0.05) is 0 Å². The van der Waals surface area contributed by atoms with Crippen molar-refractivity contribution in [2.75, 3.05) is 6.79 Å². The Hall–Kier alpha value is -2.89.